The quantitative estimate of drug-likeness (QED) is 0.757. The standard InChI is InChI=1S/C8H7ClN4O/c1-13-8(10-11-12-13)14-7-4-2-6(9)3-5-7/h2-5H,1H3. The third-order valence-electron chi connectivity index (χ3n) is 1.60. The summed E-state index contributed by atoms with van der Waals surface area (Å²) in [7, 11) is 1.70. The van der Waals surface area contributed by atoms with Gasteiger partial charge in [-0.15, -0.1) is 0 Å². The van der Waals surface area contributed by atoms with E-state index in [1.165, 1.54) is 4.68 Å². The Hall–Kier alpha value is -1.62. The fraction of sp³-hybridized carbons (Fsp3) is 0.125. The van der Waals surface area contributed by atoms with Crippen molar-refractivity contribution >= 4 is 11.6 Å². The van der Waals surface area contributed by atoms with Gasteiger partial charge < -0.3 is 4.74 Å². The number of nitrogens with zero attached hydrogens (tertiary/aromatic N) is 4. The Morgan fingerprint density at radius 1 is 1.29 bits per heavy atom. The van der Waals surface area contributed by atoms with Gasteiger partial charge in [-0.25, -0.2) is 0 Å². The molecule has 0 N–H and O–H groups in total. The Morgan fingerprint density at radius 2 is 2.00 bits per heavy atom. The number of tetrazole rings is 1. The van der Waals surface area contributed by atoms with E-state index in [1.807, 2.05) is 0 Å². The Kier molecular flexibility index (Phi) is 2.32. The summed E-state index contributed by atoms with van der Waals surface area (Å²) in [6.07, 6.45) is 0. The summed E-state index contributed by atoms with van der Waals surface area (Å²) in [6, 6.07) is 7.31. The second kappa shape index (κ2) is 3.63. The lowest BCUT2D eigenvalue weighted by Gasteiger charge is -2.01. The molecule has 14 heavy (non-hydrogen) atoms. The van der Waals surface area contributed by atoms with Crippen molar-refractivity contribution in [3.8, 4) is 11.8 Å². The van der Waals surface area contributed by atoms with Gasteiger partial charge in [0.2, 0.25) is 0 Å². The monoisotopic (exact) mass is 210 g/mol. The molecule has 0 aliphatic carbocycles. The highest BCUT2D eigenvalue weighted by atomic mass is 35.5. The second-order valence-electron chi connectivity index (χ2n) is 2.64. The van der Waals surface area contributed by atoms with Crippen LogP contribution in [0.4, 0.5) is 0 Å². The van der Waals surface area contributed by atoms with Crippen LogP contribution in [0.5, 0.6) is 11.8 Å². The normalized spacial score (nSPS) is 10.1. The van der Waals surface area contributed by atoms with Crippen molar-refractivity contribution in [3.63, 3.8) is 0 Å². The highest BCUT2D eigenvalue weighted by Crippen LogP contribution is 2.19. The van der Waals surface area contributed by atoms with Crippen molar-refractivity contribution in [2.75, 3.05) is 0 Å². The van der Waals surface area contributed by atoms with Crippen molar-refractivity contribution in [1.82, 2.24) is 20.2 Å². The first-order chi connectivity index (χ1) is 6.75. The van der Waals surface area contributed by atoms with Gasteiger partial charge in [0.1, 0.15) is 5.75 Å². The van der Waals surface area contributed by atoms with E-state index >= 15 is 0 Å². The van der Waals surface area contributed by atoms with Crippen LogP contribution >= 0.6 is 11.6 Å². The van der Waals surface area contributed by atoms with Gasteiger partial charge in [0.15, 0.2) is 0 Å². The largest absolute Gasteiger partial charge is 0.423 e. The van der Waals surface area contributed by atoms with Gasteiger partial charge in [-0.05, 0) is 34.7 Å². The maximum atomic E-state index is 5.72. The number of hydrogen-bond donors (Lipinski definition) is 0. The molecule has 72 valence electrons. The van der Waals surface area contributed by atoms with Gasteiger partial charge in [0, 0.05) is 12.1 Å². The van der Waals surface area contributed by atoms with Crippen LogP contribution in [0, 0.1) is 0 Å². The Morgan fingerprint density at radius 3 is 2.57 bits per heavy atom. The van der Waals surface area contributed by atoms with Crippen molar-refractivity contribution < 1.29 is 4.74 Å². The van der Waals surface area contributed by atoms with Crippen LogP contribution in [0.25, 0.3) is 0 Å². The molecule has 0 fully saturated rings. The number of aromatic nitrogens is 4. The average molecular weight is 211 g/mol. The summed E-state index contributed by atoms with van der Waals surface area (Å²) in [5, 5.41) is 11.4. The van der Waals surface area contributed by atoms with E-state index in [0.29, 0.717) is 16.8 Å². The number of halogens is 1. The van der Waals surface area contributed by atoms with E-state index in [1.54, 1.807) is 31.3 Å². The van der Waals surface area contributed by atoms with Crippen molar-refractivity contribution in [2.24, 2.45) is 7.05 Å². The maximum Gasteiger partial charge on any atom is 0.340 e. The predicted octanol–water partition coefficient (Wildman–Crippen LogP) is 1.66. The number of hydrogen-bond acceptors (Lipinski definition) is 4. The molecule has 2 aromatic rings. The molecule has 0 unspecified atom stereocenters. The molecule has 0 aliphatic rings. The molecule has 0 aliphatic heterocycles. The minimum atomic E-state index is 0.340. The molecule has 0 radical (unpaired) electrons. The zero-order valence-corrected chi connectivity index (χ0v) is 8.14. The van der Waals surface area contributed by atoms with Crippen LogP contribution in [0.1, 0.15) is 0 Å². The molecule has 0 bridgehead atoms. The first-order valence-electron chi connectivity index (χ1n) is 3.91. The first kappa shape index (κ1) is 8.96. The van der Waals surface area contributed by atoms with Gasteiger partial charge in [0.05, 0.1) is 0 Å². The van der Waals surface area contributed by atoms with Gasteiger partial charge in [-0.3, -0.25) is 0 Å². The van der Waals surface area contributed by atoms with E-state index in [0.717, 1.165) is 0 Å². The van der Waals surface area contributed by atoms with E-state index in [2.05, 4.69) is 15.5 Å². The summed E-state index contributed by atoms with van der Waals surface area (Å²) >= 11 is 5.72. The summed E-state index contributed by atoms with van der Waals surface area (Å²) < 4.78 is 6.81. The van der Waals surface area contributed by atoms with Gasteiger partial charge >= 0.3 is 6.01 Å². The molecule has 1 aromatic heterocycles. The lowest BCUT2D eigenvalue weighted by molar-refractivity contribution is 0.415. The molecule has 0 atom stereocenters. The van der Waals surface area contributed by atoms with Crippen LogP contribution in [0.15, 0.2) is 24.3 Å². The van der Waals surface area contributed by atoms with E-state index in [4.69, 9.17) is 16.3 Å². The summed E-state index contributed by atoms with van der Waals surface area (Å²) in [5.41, 5.74) is 0. The molecule has 1 aromatic carbocycles. The molecule has 5 nitrogen and oxygen atoms in total. The molecule has 0 spiro atoms. The van der Waals surface area contributed by atoms with Crippen molar-refractivity contribution in [1.29, 1.82) is 0 Å². The molecular formula is C8H7ClN4O. The highest BCUT2D eigenvalue weighted by Gasteiger charge is 2.03. The van der Waals surface area contributed by atoms with Crippen LogP contribution in [0.3, 0.4) is 0 Å². The zero-order chi connectivity index (χ0) is 9.97. The minimum Gasteiger partial charge on any atom is -0.423 e. The Balaban J connectivity index is 2.19. The number of ether oxygens (including phenoxy) is 1. The van der Waals surface area contributed by atoms with Crippen LogP contribution in [0.2, 0.25) is 5.02 Å². The van der Waals surface area contributed by atoms with Gasteiger partial charge in [-0.1, -0.05) is 16.7 Å². The number of benzene rings is 1. The topological polar surface area (TPSA) is 52.8 Å². The van der Waals surface area contributed by atoms with Crippen LogP contribution in [-0.2, 0) is 7.05 Å². The summed E-state index contributed by atoms with van der Waals surface area (Å²) in [4.78, 5) is 0. The van der Waals surface area contributed by atoms with Gasteiger partial charge in [-0.2, -0.15) is 4.68 Å². The van der Waals surface area contributed by atoms with Crippen molar-refractivity contribution in [3.05, 3.63) is 29.3 Å². The first-order valence-corrected chi connectivity index (χ1v) is 4.29. The highest BCUT2D eigenvalue weighted by molar-refractivity contribution is 6.30. The third-order valence-corrected chi connectivity index (χ3v) is 1.86. The maximum absolute atomic E-state index is 5.72. The van der Waals surface area contributed by atoms with E-state index in [-0.39, 0.29) is 0 Å². The predicted molar refractivity (Wildman–Crippen MR) is 50.3 cm³/mol. The lowest BCUT2D eigenvalue weighted by Crippen LogP contribution is -1.95. The lowest BCUT2D eigenvalue weighted by atomic mass is 10.3. The average Bonchev–Trinajstić information content (AvgIpc) is 2.56. The van der Waals surface area contributed by atoms with Crippen LogP contribution in [-0.4, -0.2) is 20.2 Å². The Bertz CT molecular complexity index is 425. The molecule has 1 heterocycles. The van der Waals surface area contributed by atoms with Crippen LogP contribution < -0.4 is 4.74 Å². The molecule has 0 saturated carbocycles. The summed E-state index contributed by atoms with van der Waals surface area (Å²) in [6.45, 7) is 0. The molecule has 6 heteroatoms. The molecule has 0 amide bonds. The van der Waals surface area contributed by atoms with Crippen molar-refractivity contribution in [2.45, 2.75) is 0 Å². The molecule has 0 saturated heterocycles. The Labute approximate surface area is 85.3 Å². The second-order valence-corrected chi connectivity index (χ2v) is 3.08. The fourth-order valence-electron chi connectivity index (χ4n) is 0.916. The van der Waals surface area contributed by atoms with E-state index < -0.39 is 0 Å². The van der Waals surface area contributed by atoms with E-state index in [9.17, 15) is 0 Å². The zero-order valence-electron chi connectivity index (χ0n) is 7.38. The summed E-state index contributed by atoms with van der Waals surface area (Å²) in [5.74, 6) is 0.646. The minimum absolute atomic E-state index is 0.340. The van der Waals surface area contributed by atoms with Gasteiger partial charge in [0.25, 0.3) is 0 Å². The number of aryl methyl sites for hydroxylation is 1. The molecular weight excluding hydrogens is 204 g/mol. The third kappa shape index (κ3) is 1.82. The smallest absolute Gasteiger partial charge is 0.340 e. The fourth-order valence-corrected chi connectivity index (χ4v) is 1.04. The SMILES string of the molecule is Cn1nnnc1Oc1ccc(Cl)cc1. The molecule has 2 rings (SSSR count). The number of rotatable bonds is 2.